The Balaban J connectivity index is 2.02. The van der Waals surface area contributed by atoms with Crippen LogP contribution in [0.1, 0.15) is 39.0 Å². The molecule has 0 amide bonds. The second kappa shape index (κ2) is 6.25. The molecule has 1 aliphatic rings. The number of nitrogens with zero attached hydrogens (tertiary/aromatic N) is 1. The normalized spacial score (nSPS) is 24.0. The summed E-state index contributed by atoms with van der Waals surface area (Å²) in [4.78, 5) is 4.08. The van der Waals surface area contributed by atoms with Crippen LogP contribution in [-0.4, -0.2) is 29.6 Å². The topological polar surface area (TPSA) is 15.3 Å². The smallest absolute Gasteiger partial charge is 0.0334 e. The lowest BCUT2D eigenvalue weighted by Gasteiger charge is -2.46. The van der Waals surface area contributed by atoms with Gasteiger partial charge in [0.1, 0.15) is 0 Å². The molecule has 0 spiro atoms. The second-order valence-electron chi connectivity index (χ2n) is 6.63. The molecule has 1 saturated heterocycles. The zero-order valence-corrected chi connectivity index (χ0v) is 14.8. The third kappa shape index (κ3) is 4.28. The zero-order chi connectivity index (χ0) is 14.0. The van der Waals surface area contributed by atoms with Gasteiger partial charge in [0, 0.05) is 45.9 Å². The molecule has 0 radical (unpaired) electrons. The molecule has 108 valence electrons. The summed E-state index contributed by atoms with van der Waals surface area (Å²) in [6, 6.07) is 2.89. The fourth-order valence-electron chi connectivity index (χ4n) is 2.71. The van der Waals surface area contributed by atoms with Gasteiger partial charge in [-0.25, -0.2) is 0 Å². The van der Waals surface area contributed by atoms with Crippen molar-refractivity contribution in [1.29, 1.82) is 0 Å². The highest BCUT2D eigenvalue weighted by atomic mass is 79.9. The van der Waals surface area contributed by atoms with Gasteiger partial charge in [-0.1, -0.05) is 13.8 Å². The maximum atomic E-state index is 3.71. The molecule has 1 aromatic heterocycles. The van der Waals surface area contributed by atoms with Gasteiger partial charge in [-0.15, -0.1) is 11.3 Å². The van der Waals surface area contributed by atoms with Gasteiger partial charge in [-0.05, 0) is 48.2 Å². The maximum absolute atomic E-state index is 3.71. The van der Waals surface area contributed by atoms with Crippen molar-refractivity contribution in [2.45, 2.75) is 52.2 Å². The van der Waals surface area contributed by atoms with Crippen molar-refractivity contribution >= 4 is 27.3 Å². The lowest BCUT2D eigenvalue weighted by molar-refractivity contribution is 0.0545. The molecule has 1 aromatic rings. The van der Waals surface area contributed by atoms with Crippen LogP contribution in [0.5, 0.6) is 0 Å². The van der Waals surface area contributed by atoms with Gasteiger partial charge in [0.05, 0.1) is 0 Å². The van der Waals surface area contributed by atoms with E-state index in [9.17, 15) is 0 Å². The fraction of sp³-hybridized carbons (Fsp3) is 0.733. The number of thiophene rings is 1. The third-order valence-corrected chi connectivity index (χ3v) is 5.53. The van der Waals surface area contributed by atoms with Gasteiger partial charge in [0.15, 0.2) is 0 Å². The molecule has 4 heteroatoms. The number of halogens is 1. The van der Waals surface area contributed by atoms with E-state index in [1.165, 1.54) is 15.8 Å². The van der Waals surface area contributed by atoms with Crippen molar-refractivity contribution in [3.63, 3.8) is 0 Å². The zero-order valence-electron chi connectivity index (χ0n) is 12.4. The standard InChI is InChI=1S/C15H25BrN2S/c1-11(2)5-13-7-18(15(3,4)10-17-13)8-14-6-12(16)9-19-14/h6,9,11,13,17H,5,7-8,10H2,1-4H3. The van der Waals surface area contributed by atoms with E-state index < -0.39 is 0 Å². The van der Waals surface area contributed by atoms with Crippen LogP contribution in [0, 0.1) is 5.92 Å². The Kier molecular flexibility index (Phi) is 5.09. The van der Waals surface area contributed by atoms with Gasteiger partial charge >= 0.3 is 0 Å². The highest BCUT2D eigenvalue weighted by Gasteiger charge is 2.34. The Labute approximate surface area is 129 Å². The van der Waals surface area contributed by atoms with Crippen LogP contribution in [0.2, 0.25) is 0 Å². The summed E-state index contributed by atoms with van der Waals surface area (Å²) in [6.07, 6.45) is 1.26. The lowest BCUT2D eigenvalue weighted by Crippen LogP contribution is -2.61. The number of nitrogens with one attached hydrogen (secondary N) is 1. The summed E-state index contributed by atoms with van der Waals surface area (Å²) in [5, 5.41) is 5.89. The van der Waals surface area contributed by atoms with E-state index in [2.05, 4.69) is 65.3 Å². The van der Waals surface area contributed by atoms with Crippen molar-refractivity contribution in [2.24, 2.45) is 5.92 Å². The first-order chi connectivity index (χ1) is 8.87. The van der Waals surface area contributed by atoms with Gasteiger partial charge in [-0.3, -0.25) is 4.90 Å². The lowest BCUT2D eigenvalue weighted by atomic mass is 9.93. The van der Waals surface area contributed by atoms with Crippen LogP contribution in [0.25, 0.3) is 0 Å². The molecule has 1 atom stereocenters. The van der Waals surface area contributed by atoms with E-state index in [1.54, 1.807) is 0 Å². The molecule has 0 aromatic carbocycles. The minimum atomic E-state index is 0.240. The molecule has 2 heterocycles. The second-order valence-corrected chi connectivity index (χ2v) is 8.54. The van der Waals surface area contributed by atoms with E-state index in [1.807, 2.05) is 11.3 Å². The fourth-order valence-corrected chi connectivity index (χ4v) is 4.18. The minimum absolute atomic E-state index is 0.240. The first-order valence-electron chi connectivity index (χ1n) is 7.08. The van der Waals surface area contributed by atoms with Crippen LogP contribution >= 0.6 is 27.3 Å². The van der Waals surface area contributed by atoms with Gasteiger partial charge in [0.25, 0.3) is 0 Å². The summed E-state index contributed by atoms with van der Waals surface area (Å²) in [6.45, 7) is 12.6. The van der Waals surface area contributed by atoms with Crippen LogP contribution < -0.4 is 5.32 Å². The average molecular weight is 345 g/mol. The molecule has 1 N–H and O–H groups in total. The molecule has 2 nitrogen and oxygen atoms in total. The highest BCUT2D eigenvalue weighted by Crippen LogP contribution is 2.27. The third-order valence-electron chi connectivity index (χ3n) is 3.84. The largest absolute Gasteiger partial charge is 0.311 e. The minimum Gasteiger partial charge on any atom is -0.311 e. The predicted molar refractivity (Wildman–Crippen MR) is 87.8 cm³/mol. The molecule has 1 aliphatic heterocycles. The number of piperazine rings is 1. The number of hydrogen-bond acceptors (Lipinski definition) is 3. The van der Waals surface area contributed by atoms with Crippen molar-refractivity contribution in [3.05, 3.63) is 20.8 Å². The van der Waals surface area contributed by atoms with Crippen molar-refractivity contribution in [2.75, 3.05) is 13.1 Å². The van der Waals surface area contributed by atoms with Crippen LogP contribution in [-0.2, 0) is 6.54 Å². The summed E-state index contributed by atoms with van der Waals surface area (Å²) >= 11 is 5.40. The van der Waals surface area contributed by atoms with Crippen LogP contribution in [0.15, 0.2) is 15.9 Å². The monoisotopic (exact) mass is 344 g/mol. The SMILES string of the molecule is CC(C)CC1CN(Cc2cc(Br)cs2)C(C)(C)CN1. The van der Waals surface area contributed by atoms with E-state index in [0.29, 0.717) is 6.04 Å². The summed E-state index contributed by atoms with van der Waals surface area (Å²) in [5.41, 5.74) is 0.240. The molecule has 1 fully saturated rings. The first kappa shape index (κ1) is 15.5. The number of hydrogen-bond donors (Lipinski definition) is 1. The molecule has 2 rings (SSSR count). The summed E-state index contributed by atoms with van der Waals surface area (Å²) < 4.78 is 1.21. The Morgan fingerprint density at radius 3 is 2.84 bits per heavy atom. The molecule has 0 bridgehead atoms. The maximum Gasteiger partial charge on any atom is 0.0334 e. The predicted octanol–water partition coefficient (Wildman–Crippen LogP) is 4.11. The van der Waals surface area contributed by atoms with Crippen LogP contribution in [0.4, 0.5) is 0 Å². The molecule has 1 unspecified atom stereocenters. The van der Waals surface area contributed by atoms with Gasteiger partial charge in [-0.2, -0.15) is 0 Å². The Hall–Kier alpha value is 0.1000. The van der Waals surface area contributed by atoms with Crippen molar-refractivity contribution in [1.82, 2.24) is 10.2 Å². The number of rotatable bonds is 4. The summed E-state index contributed by atoms with van der Waals surface area (Å²) in [5.74, 6) is 0.761. The molecular formula is C15H25BrN2S. The quantitative estimate of drug-likeness (QED) is 0.884. The van der Waals surface area contributed by atoms with Crippen LogP contribution in [0.3, 0.4) is 0 Å². The molecule has 0 saturated carbocycles. The summed E-state index contributed by atoms with van der Waals surface area (Å²) in [7, 11) is 0. The molecule has 0 aliphatic carbocycles. The molecule has 19 heavy (non-hydrogen) atoms. The first-order valence-corrected chi connectivity index (χ1v) is 8.75. The Bertz CT molecular complexity index is 414. The van der Waals surface area contributed by atoms with Crippen molar-refractivity contribution < 1.29 is 0 Å². The highest BCUT2D eigenvalue weighted by molar-refractivity contribution is 9.10. The van der Waals surface area contributed by atoms with Gasteiger partial charge in [0.2, 0.25) is 0 Å². The van der Waals surface area contributed by atoms with Gasteiger partial charge < -0.3 is 5.32 Å². The van der Waals surface area contributed by atoms with E-state index >= 15 is 0 Å². The Morgan fingerprint density at radius 2 is 2.26 bits per heavy atom. The molecular weight excluding hydrogens is 320 g/mol. The van der Waals surface area contributed by atoms with E-state index in [-0.39, 0.29) is 5.54 Å². The van der Waals surface area contributed by atoms with Crippen molar-refractivity contribution in [3.8, 4) is 0 Å². The van der Waals surface area contributed by atoms with E-state index in [4.69, 9.17) is 0 Å². The van der Waals surface area contributed by atoms with E-state index in [0.717, 1.165) is 25.6 Å². The Morgan fingerprint density at radius 1 is 1.53 bits per heavy atom. The average Bonchev–Trinajstić information content (AvgIpc) is 2.69.